The lowest BCUT2D eigenvalue weighted by molar-refractivity contribution is -0.132. The number of hydrogen-bond donors (Lipinski definition) is 1. The molecule has 0 radical (unpaired) electrons. The van der Waals surface area contributed by atoms with Crippen molar-refractivity contribution >= 4 is 23.4 Å². The van der Waals surface area contributed by atoms with Crippen LogP contribution in [-0.4, -0.2) is 39.6 Å². The monoisotopic (exact) mass is 463 g/mol. The van der Waals surface area contributed by atoms with Gasteiger partial charge in [0.05, 0.1) is 49.0 Å². The predicted octanol–water partition coefficient (Wildman–Crippen LogP) is 3.16. The molecule has 3 aromatic rings. The number of ether oxygens (including phenoxy) is 1. The number of rotatable bonds is 6. The summed E-state index contributed by atoms with van der Waals surface area (Å²) in [5, 5.41) is 14.0. The van der Waals surface area contributed by atoms with E-state index in [0.29, 0.717) is 53.0 Å². The molecular formula is C24H22ClN5O3. The number of fused-ring (bicyclic) bond motifs is 1. The fourth-order valence-corrected chi connectivity index (χ4v) is 4.15. The van der Waals surface area contributed by atoms with Gasteiger partial charge in [-0.3, -0.25) is 14.3 Å². The average Bonchev–Trinajstić information content (AvgIpc) is 3.18. The largest absolute Gasteiger partial charge is 0.494 e. The van der Waals surface area contributed by atoms with Crippen molar-refractivity contribution in [1.29, 1.82) is 5.26 Å². The van der Waals surface area contributed by atoms with Crippen molar-refractivity contribution in [3.63, 3.8) is 0 Å². The molecule has 0 unspecified atom stereocenters. The Hall–Kier alpha value is -3.83. The number of nitriles is 1. The summed E-state index contributed by atoms with van der Waals surface area (Å²) in [5.74, 6) is -0.128. The highest BCUT2D eigenvalue weighted by atomic mass is 35.5. The molecule has 1 aliphatic rings. The van der Waals surface area contributed by atoms with E-state index in [4.69, 9.17) is 27.3 Å². The standard InChI is InChI=1S/C24H22ClN5O3/c1-2-33-19-11-17(10-18(25)12-19)23-22(24(27)32)20-14-29(7-8-30(20)28-23)21(31)9-15-3-5-16(13-26)6-4-15/h3-6,10-12H,2,7-9,14H2,1H3,(H2,27,32). The molecular weight excluding hydrogens is 442 g/mol. The molecule has 9 heteroatoms. The van der Waals surface area contributed by atoms with E-state index in [-0.39, 0.29) is 24.4 Å². The Labute approximate surface area is 196 Å². The third-order valence-electron chi connectivity index (χ3n) is 5.47. The maximum atomic E-state index is 12.9. The quantitative estimate of drug-likeness (QED) is 0.603. The van der Waals surface area contributed by atoms with Gasteiger partial charge in [-0.15, -0.1) is 0 Å². The summed E-state index contributed by atoms with van der Waals surface area (Å²) in [7, 11) is 0. The zero-order valence-electron chi connectivity index (χ0n) is 18.0. The van der Waals surface area contributed by atoms with Gasteiger partial charge in [0.1, 0.15) is 11.4 Å². The average molecular weight is 464 g/mol. The van der Waals surface area contributed by atoms with Crippen molar-refractivity contribution in [2.24, 2.45) is 5.73 Å². The van der Waals surface area contributed by atoms with Crippen LogP contribution in [0.5, 0.6) is 5.75 Å². The van der Waals surface area contributed by atoms with Crippen molar-refractivity contribution in [2.45, 2.75) is 26.4 Å². The Morgan fingerprint density at radius 1 is 1.21 bits per heavy atom. The lowest BCUT2D eigenvalue weighted by Gasteiger charge is -2.28. The van der Waals surface area contributed by atoms with Crippen LogP contribution in [0.2, 0.25) is 5.02 Å². The van der Waals surface area contributed by atoms with Gasteiger partial charge in [0.2, 0.25) is 5.91 Å². The third-order valence-corrected chi connectivity index (χ3v) is 5.69. The molecule has 1 aliphatic heterocycles. The van der Waals surface area contributed by atoms with Gasteiger partial charge in [-0.2, -0.15) is 10.4 Å². The molecule has 4 rings (SSSR count). The number of hydrogen-bond acceptors (Lipinski definition) is 5. The summed E-state index contributed by atoms with van der Waals surface area (Å²) in [4.78, 5) is 27.0. The molecule has 2 aromatic carbocycles. The zero-order chi connectivity index (χ0) is 23.5. The second kappa shape index (κ2) is 9.35. The van der Waals surface area contributed by atoms with E-state index in [9.17, 15) is 9.59 Å². The minimum Gasteiger partial charge on any atom is -0.494 e. The van der Waals surface area contributed by atoms with Crippen LogP contribution in [0.1, 0.15) is 34.1 Å². The van der Waals surface area contributed by atoms with Gasteiger partial charge in [0.25, 0.3) is 5.91 Å². The van der Waals surface area contributed by atoms with Crippen molar-refractivity contribution < 1.29 is 14.3 Å². The van der Waals surface area contributed by atoms with Crippen molar-refractivity contribution in [1.82, 2.24) is 14.7 Å². The maximum absolute atomic E-state index is 12.9. The van der Waals surface area contributed by atoms with Gasteiger partial charge >= 0.3 is 0 Å². The summed E-state index contributed by atoms with van der Waals surface area (Å²) in [6.45, 7) is 3.46. The van der Waals surface area contributed by atoms with Crippen LogP contribution in [0.3, 0.4) is 0 Å². The number of nitrogens with two attached hydrogens (primary N) is 1. The topological polar surface area (TPSA) is 114 Å². The first-order chi connectivity index (χ1) is 15.9. The molecule has 33 heavy (non-hydrogen) atoms. The summed E-state index contributed by atoms with van der Waals surface area (Å²) >= 11 is 6.25. The number of primary amides is 1. The van der Waals surface area contributed by atoms with E-state index in [0.717, 1.165) is 5.56 Å². The van der Waals surface area contributed by atoms with E-state index >= 15 is 0 Å². The van der Waals surface area contributed by atoms with Gasteiger partial charge in [0.15, 0.2) is 0 Å². The normalized spacial score (nSPS) is 12.7. The summed E-state index contributed by atoms with van der Waals surface area (Å²) in [6.07, 6.45) is 0.199. The first-order valence-corrected chi connectivity index (χ1v) is 10.9. The summed E-state index contributed by atoms with van der Waals surface area (Å²) in [6, 6.07) is 14.1. The number of carbonyl (C=O) groups excluding carboxylic acids is 2. The van der Waals surface area contributed by atoms with E-state index < -0.39 is 5.91 Å². The SMILES string of the molecule is CCOc1cc(Cl)cc(-c2nn3c(c2C(N)=O)CN(C(=O)Cc2ccc(C#N)cc2)CC3)c1. The smallest absolute Gasteiger partial charge is 0.252 e. The van der Waals surface area contributed by atoms with Crippen LogP contribution in [0, 0.1) is 11.3 Å². The first-order valence-electron chi connectivity index (χ1n) is 10.5. The van der Waals surface area contributed by atoms with Gasteiger partial charge in [0, 0.05) is 17.1 Å². The van der Waals surface area contributed by atoms with Crippen LogP contribution in [0.25, 0.3) is 11.3 Å². The Morgan fingerprint density at radius 3 is 2.64 bits per heavy atom. The third kappa shape index (κ3) is 4.69. The zero-order valence-corrected chi connectivity index (χ0v) is 18.8. The van der Waals surface area contributed by atoms with Crippen molar-refractivity contribution in [3.8, 4) is 23.1 Å². The fourth-order valence-electron chi connectivity index (χ4n) is 3.92. The molecule has 0 fully saturated rings. The minimum atomic E-state index is -0.620. The van der Waals surface area contributed by atoms with E-state index in [1.165, 1.54) is 0 Å². The number of nitrogens with zero attached hydrogens (tertiary/aromatic N) is 4. The summed E-state index contributed by atoms with van der Waals surface area (Å²) in [5.41, 5.74) is 9.01. The molecule has 0 saturated heterocycles. The lowest BCUT2D eigenvalue weighted by Crippen LogP contribution is -2.40. The van der Waals surface area contributed by atoms with Crippen molar-refractivity contribution in [2.75, 3.05) is 13.2 Å². The van der Waals surface area contributed by atoms with Gasteiger partial charge in [-0.25, -0.2) is 0 Å². The highest BCUT2D eigenvalue weighted by Crippen LogP contribution is 2.33. The minimum absolute atomic E-state index is 0.0782. The van der Waals surface area contributed by atoms with E-state index in [1.807, 2.05) is 6.92 Å². The second-order valence-electron chi connectivity index (χ2n) is 7.67. The molecule has 1 aromatic heterocycles. The fraction of sp³-hybridized carbons (Fsp3) is 0.250. The van der Waals surface area contributed by atoms with Crippen LogP contribution in [-0.2, 0) is 24.3 Å². The highest BCUT2D eigenvalue weighted by molar-refractivity contribution is 6.31. The molecule has 2 heterocycles. The van der Waals surface area contributed by atoms with Crippen LogP contribution >= 0.6 is 11.6 Å². The Balaban J connectivity index is 1.62. The van der Waals surface area contributed by atoms with Gasteiger partial charge < -0.3 is 15.4 Å². The Bertz CT molecular complexity index is 1260. The van der Waals surface area contributed by atoms with Crippen LogP contribution < -0.4 is 10.5 Å². The van der Waals surface area contributed by atoms with E-state index in [1.54, 1.807) is 52.0 Å². The van der Waals surface area contributed by atoms with Gasteiger partial charge in [-0.05, 0) is 42.8 Å². The molecule has 168 valence electrons. The highest BCUT2D eigenvalue weighted by Gasteiger charge is 2.29. The molecule has 0 atom stereocenters. The molecule has 0 saturated carbocycles. The second-order valence-corrected chi connectivity index (χ2v) is 8.10. The molecule has 0 aliphatic carbocycles. The molecule has 2 N–H and O–H groups in total. The maximum Gasteiger partial charge on any atom is 0.252 e. The number of aromatic nitrogens is 2. The number of benzene rings is 2. The number of halogens is 1. The first kappa shape index (κ1) is 22.4. The van der Waals surface area contributed by atoms with Gasteiger partial charge in [-0.1, -0.05) is 23.7 Å². The molecule has 2 amide bonds. The van der Waals surface area contributed by atoms with Crippen LogP contribution in [0.4, 0.5) is 0 Å². The molecule has 8 nitrogen and oxygen atoms in total. The van der Waals surface area contributed by atoms with Crippen LogP contribution in [0.15, 0.2) is 42.5 Å². The molecule has 0 spiro atoms. The Kier molecular flexibility index (Phi) is 6.33. The van der Waals surface area contributed by atoms with Crippen molar-refractivity contribution in [3.05, 3.63) is 69.9 Å². The summed E-state index contributed by atoms with van der Waals surface area (Å²) < 4.78 is 7.29. The lowest BCUT2D eigenvalue weighted by atomic mass is 10.0. The predicted molar refractivity (Wildman–Crippen MR) is 123 cm³/mol. The van der Waals surface area contributed by atoms with E-state index in [2.05, 4.69) is 11.2 Å². The number of amides is 2. The number of carbonyl (C=O) groups is 2. The Morgan fingerprint density at radius 2 is 1.97 bits per heavy atom. The molecule has 0 bridgehead atoms.